The molecule has 5 nitrogen and oxygen atoms in total. The molecule has 1 aliphatic heterocycles. The molecule has 0 unspecified atom stereocenters. The summed E-state index contributed by atoms with van der Waals surface area (Å²) in [7, 11) is 3.45. The molecule has 1 saturated carbocycles. The van der Waals surface area contributed by atoms with Gasteiger partial charge in [-0.2, -0.15) is 0 Å². The van der Waals surface area contributed by atoms with Crippen molar-refractivity contribution >= 4 is 5.96 Å². The summed E-state index contributed by atoms with van der Waals surface area (Å²) >= 11 is 0. The van der Waals surface area contributed by atoms with E-state index in [4.69, 9.17) is 4.74 Å². The number of likely N-dealkylation sites (tertiary alicyclic amines) is 1. The van der Waals surface area contributed by atoms with Gasteiger partial charge in [0, 0.05) is 32.7 Å². The van der Waals surface area contributed by atoms with Crippen molar-refractivity contribution < 1.29 is 9.84 Å². The lowest BCUT2D eigenvalue weighted by atomic mass is 9.68. The normalized spacial score (nSPS) is 19.7. The zero-order chi connectivity index (χ0) is 16.3. The molecule has 0 bridgehead atoms. The first-order chi connectivity index (χ1) is 11.2. The molecule has 1 spiro atoms. The smallest absolute Gasteiger partial charge is 0.193 e. The molecule has 126 valence electrons. The molecule has 2 N–H and O–H groups in total. The predicted molar refractivity (Wildman–Crippen MR) is 92.2 cm³/mol. The number of guanidine groups is 1. The highest BCUT2D eigenvalue weighted by molar-refractivity contribution is 5.80. The summed E-state index contributed by atoms with van der Waals surface area (Å²) < 4.78 is 5.11. The molecule has 1 aromatic rings. The molecule has 2 aliphatic rings. The highest BCUT2D eigenvalue weighted by atomic mass is 16.5. The van der Waals surface area contributed by atoms with Crippen LogP contribution in [0.5, 0.6) is 11.5 Å². The summed E-state index contributed by atoms with van der Waals surface area (Å²) in [6.07, 6.45) is 6.19. The van der Waals surface area contributed by atoms with E-state index < -0.39 is 0 Å². The maximum atomic E-state index is 10.0. The Morgan fingerprint density at radius 1 is 1.39 bits per heavy atom. The summed E-state index contributed by atoms with van der Waals surface area (Å²) in [4.78, 5) is 6.81. The number of aliphatic imine (C=N–C) groups is 1. The number of phenolic OH excluding ortho intramolecular Hbond substituents is 1. The van der Waals surface area contributed by atoms with E-state index in [2.05, 4.69) is 15.2 Å². The van der Waals surface area contributed by atoms with E-state index in [1.54, 1.807) is 13.2 Å². The van der Waals surface area contributed by atoms with Gasteiger partial charge < -0.3 is 20.1 Å². The van der Waals surface area contributed by atoms with E-state index in [0.29, 0.717) is 11.2 Å². The van der Waals surface area contributed by atoms with Gasteiger partial charge in [-0.1, -0.05) is 12.5 Å². The molecule has 0 radical (unpaired) electrons. The van der Waals surface area contributed by atoms with Gasteiger partial charge in [-0.25, -0.2) is 0 Å². The standard InChI is InChI=1S/C18H27N3O2/c1-19-17(21-11-9-18(13-21)7-3-8-18)20-10-6-14-4-5-15(23-2)12-16(14)22/h4-5,12,22H,3,6-11,13H2,1-2H3,(H,19,20). The van der Waals surface area contributed by atoms with Gasteiger partial charge in [-0.3, -0.25) is 4.99 Å². The molecular formula is C18H27N3O2. The maximum Gasteiger partial charge on any atom is 0.193 e. The molecule has 0 amide bonds. The van der Waals surface area contributed by atoms with Gasteiger partial charge >= 0.3 is 0 Å². The molecule has 1 aliphatic carbocycles. The van der Waals surface area contributed by atoms with E-state index in [1.165, 1.54) is 25.7 Å². The van der Waals surface area contributed by atoms with Crippen LogP contribution in [-0.4, -0.2) is 49.8 Å². The second kappa shape index (κ2) is 6.69. The van der Waals surface area contributed by atoms with Crippen molar-refractivity contribution in [3.05, 3.63) is 23.8 Å². The number of aromatic hydroxyl groups is 1. The number of hydrogen-bond donors (Lipinski definition) is 2. The van der Waals surface area contributed by atoms with Crippen LogP contribution < -0.4 is 10.1 Å². The summed E-state index contributed by atoms with van der Waals surface area (Å²) in [5, 5.41) is 13.5. The van der Waals surface area contributed by atoms with Crippen LogP contribution in [0.1, 0.15) is 31.2 Å². The first kappa shape index (κ1) is 16.0. The molecule has 0 aromatic heterocycles. The minimum Gasteiger partial charge on any atom is -0.508 e. The fraction of sp³-hybridized carbons (Fsp3) is 0.611. The van der Waals surface area contributed by atoms with Crippen molar-refractivity contribution in [2.45, 2.75) is 32.1 Å². The van der Waals surface area contributed by atoms with Gasteiger partial charge in [-0.05, 0) is 42.7 Å². The van der Waals surface area contributed by atoms with Crippen LogP contribution in [0.25, 0.3) is 0 Å². The lowest BCUT2D eigenvalue weighted by Gasteiger charge is -2.38. The molecule has 0 atom stereocenters. The zero-order valence-electron chi connectivity index (χ0n) is 14.1. The molecule has 5 heteroatoms. The van der Waals surface area contributed by atoms with Crippen LogP contribution in [0.3, 0.4) is 0 Å². The van der Waals surface area contributed by atoms with Crippen molar-refractivity contribution in [3.63, 3.8) is 0 Å². The Bertz CT molecular complexity index is 582. The molecule has 3 rings (SSSR count). The average molecular weight is 317 g/mol. The topological polar surface area (TPSA) is 57.1 Å². The quantitative estimate of drug-likeness (QED) is 0.661. The van der Waals surface area contributed by atoms with Gasteiger partial charge in [0.2, 0.25) is 0 Å². The summed E-state index contributed by atoms with van der Waals surface area (Å²) in [6, 6.07) is 5.45. The molecule has 23 heavy (non-hydrogen) atoms. The molecule has 1 aromatic carbocycles. The summed E-state index contributed by atoms with van der Waals surface area (Å²) in [5.74, 6) is 1.95. The molecule has 1 saturated heterocycles. The number of benzene rings is 1. The van der Waals surface area contributed by atoms with Crippen LogP contribution in [0.4, 0.5) is 0 Å². The Labute approximate surface area is 138 Å². The van der Waals surface area contributed by atoms with Crippen molar-refractivity contribution in [1.29, 1.82) is 0 Å². The number of hydrogen-bond acceptors (Lipinski definition) is 3. The molecule has 2 fully saturated rings. The van der Waals surface area contributed by atoms with Gasteiger partial charge in [0.05, 0.1) is 7.11 Å². The van der Waals surface area contributed by atoms with E-state index >= 15 is 0 Å². The fourth-order valence-corrected chi connectivity index (χ4v) is 3.72. The first-order valence-corrected chi connectivity index (χ1v) is 8.47. The minimum absolute atomic E-state index is 0.288. The number of phenols is 1. The van der Waals surface area contributed by atoms with Crippen LogP contribution >= 0.6 is 0 Å². The number of ether oxygens (including phenoxy) is 1. The highest BCUT2D eigenvalue weighted by Gasteiger charge is 2.43. The first-order valence-electron chi connectivity index (χ1n) is 8.47. The SMILES string of the molecule is CN=C(NCCc1ccc(OC)cc1O)N1CCC2(CCC2)C1. The van der Waals surface area contributed by atoms with E-state index in [0.717, 1.165) is 37.6 Å². The fourth-order valence-electron chi connectivity index (χ4n) is 3.72. The van der Waals surface area contributed by atoms with Crippen LogP contribution in [0.2, 0.25) is 0 Å². The van der Waals surface area contributed by atoms with Crippen molar-refractivity contribution in [2.75, 3.05) is 33.8 Å². The maximum absolute atomic E-state index is 10.0. The van der Waals surface area contributed by atoms with Gasteiger partial charge in [0.15, 0.2) is 5.96 Å². The van der Waals surface area contributed by atoms with Gasteiger partial charge in [-0.15, -0.1) is 0 Å². The molecular weight excluding hydrogens is 290 g/mol. The Balaban J connectivity index is 1.51. The Kier molecular flexibility index (Phi) is 4.64. The molecule has 1 heterocycles. The largest absolute Gasteiger partial charge is 0.508 e. The van der Waals surface area contributed by atoms with E-state index in [9.17, 15) is 5.11 Å². The highest BCUT2D eigenvalue weighted by Crippen LogP contribution is 2.47. The minimum atomic E-state index is 0.288. The third-order valence-electron chi connectivity index (χ3n) is 5.33. The number of methoxy groups -OCH3 is 1. The average Bonchev–Trinajstić information content (AvgIpc) is 2.98. The van der Waals surface area contributed by atoms with E-state index in [-0.39, 0.29) is 5.75 Å². The monoisotopic (exact) mass is 317 g/mol. The Morgan fingerprint density at radius 2 is 2.22 bits per heavy atom. The van der Waals surface area contributed by atoms with Crippen molar-refractivity contribution in [2.24, 2.45) is 10.4 Å². The van der Waals surface area contributed by atoms with Gasteiger partial charge in [0.1, 0.15) is 11.5 Å². The van der Waals surface area contributed by atoms with E-state index in [1.807, 2.05) is 19.2 Å². The predicted octanol–water partition coefficient (Wildman–Crippen LogP) is 2.39. The van der Waals surface area contributed by atoms with Crippen LogP contribution in [-0.2, 0) is 6.42 Å². The number of rotatable bonds is 4. The van der Waals surface area contributed by atoms with Crippen LogP contribution in [0, 0.1) is 5.41 Å². The van der Waals surface area contributed by atoms with Crippen molar-refractivity contribution in [1.82, 2.24) is 10.2 Å². The Hall–Kier alpha value is -1.91. The number of nitrogens with zero attached hydrogens (tertiary/aromatic N) is 2. The summed E-state index contributed by atoms with van der Waals surface area (Å²) in [6.45, 7) is 3.00. The van der Waals surface area contributed by atoms with Gasteiger partial charge in [0.25, 0.3) is 0 Å². The van der Waals surface area contributed by atoms with Crippen LogP contribution in [0.15, 0.2) is 23.2 Å². The summed E-state index contributed by atoms with van der Waals surface area (Å²) in [5.41, 5.74) is 1.50. The third kappa shape index (κ3) is 3.38. The third-order valence-corrected chi connectivity index (χ3v) is 5.33. The zero-order valence-corrected chi connectivity index (χ0v) is 14.1. The lowest BCUT2D eigenvalue weighted by Crippen LogP contribution is -2.43. The Morgan fingerprint density at radius 3 is 2.78 bits per heavy atom. The lowest BCUT2D eigenvalue weighted by molar-refractivity contribution is 0.151. The second-order valence-corrected chi connectivity index (χ2v) is 6.74. The number of nitrogens with one attached hydrogen (secondary N) is 1. The van der Waals surface area contributed by atoms with Crippen molar-refractivity contribution in [3.8, 4) is 11.5 Å². The second-order valence-electron chi connectivity index (χ2n) is 6.74.